The topological polar surface area (TPSA) is 46.4 Å². The van der Waals surface area contributed by atoms with E-state index in [2.05, 4.69) is 42.2 Å². The molecule has 2 aliphatic rings. The molecule has 1 aliphatic heterocycles. The first-order valence-electron chi connectivity index (χ1n) is 11.1. The van der Waals surface area contributed by atoms with Crippen molar-refractivity contribution in [2.45, 2.75) is 26.2 Å². The van der Waals surface area contributed by atoms with Crippen LogP contribution in [0.2, 0.25) is 0 Å². The van der Waals surface area contributed by atoms with Crippen molar-refractivity contribution in [2.24, 2.45) is 0 Å². The van der Waals surface area contributed by atoms with Crippen molar-refractivity contribution < 1.29 is 4.90 Å². The molecular formula is C24H26N5S+. The number of pyridine rings is 1. The summed E-state index contributed by atoms with van der Waals surface area (Å²) in [5, 5.41) is 1.28. The molecule has 4 aromatic rings. The van der Waals surface area contributed by atoms with Gasteiger partial charge in [-0.3, -0.25) is 0 Å². The van der Waals surface area contributed by atoms with E-state index in [1.165, 1.54) is 52.8 Å². The number of anilines is 1. The zero-order valence-electron chi connectivity index (χ0n) is 17.3. The van der Waals surface area contributed by atoms with E-state index >= 15 is 0 Å². The van der Waals surface area contributed by atoms with Crippen LogP contribution in [0.3, 0.4) is 0 Å². The second-order valence-corrected chi connectivity index (χ2v) is 9.38. The van der Waals surface area contributed by atoms with Gasteiger partial charge >= 0.3 is 0 Å². The smallest absolute Gasteiger partial charge is 0.150 e. The van der Waals surface area contributed by atoms with Gasteiger partial charge < -0.3 is 9.80 Å². The van der Waals surface area contributed by atoms with Crippen LogP contribution >= 0.6 is 11.3 Å². The van der Waals surface area contributed by atoms with Gasteiger partial charge in [0.15, 0.2) is 5.82 Å². The Morgan fingerprint density at radius 3 is 2.63 bits per heavy atom. The fourth-order valence-electron chi connectivity index (χ4n) is 5.13. The van der Waals surface area contributed by atoms with Gasteiger partial charge in [0, 0.05) is 10.9 Å². The minimum absolute atomic E-state index is 1.06. The number of quaternary nitrogens is 1. The largest absolute Gasteiger partial charge is 0.344 e. The van der Waals surface area contributed by atoms with E-state index in [0.29, 0.717) is 0 Å². The predicted octanol–water partition coefficient (Wildman–Crippen LogP) is 3.12. The number of hydrogen-bond donors (Lipinski definition) is 1. The second kappa shape index (κ2) is 7.29. The van der Waals surface area contributed by atoms with Crippen LogP contribution in [0.4, 0.5) is 5.82 Å². The number of hydrogen-bond acceptors (Lipinski definition) is 5. The lowest BCUT2D eigenvalue weighted by Crippen LogP contribution is -3.14. The lowest BCUT2D eigenvalue weighted by Gasteiger charge is -2.32. The standard InChI is InChI=1S/C24H25N5S/c1-2-28-11-13-29(14-12-28)23-22-21(25-15-26-23)19-17-9-6-10-18(17)20(27-24(19)30-22)16-7-4-3-5-8-16/h3-5,7-8,15H,2,6,9-14H2,1H3/p+1. The number of nitrogens with zero attached hydrogens (tertiary/aromatic N) is 4. The summed E-state index contributed by atoms with van der Waals surface area (Å²) < 4.78 is 1.21. The quantitative estimate of drug-likeness (QED) is 0.557. The van der Waals surface area contributed by atoms with Gasteiger partial charge in [0.1, 0.15) is 11.2 Å². The van der Waals surface area contributed by atoms with Gasteiger partial charge in [-0.1, -0.05) is 30.3 Å². The highest BCUT2D eigenvalue weighted by atomic mass is 32.1. The lowest BCUT2D eigenvalue weighted by molar-refractivity contribution is -0.898. The molecular weight excluding hydrogens is 390 g/mol. The molecule has 152 valence electrons. The molecule has 6 rings (SSSR count). The minimum atomic E-state index is 1.06. The Balaban J connectivity index is 1.54. The van der Waals surface area contributed by atoms with Crippen molar-refractivity contribution in [3.8, 4) is 11.3 Å². The highest BCUT2D eigenvalue weighted by Crippen LogP contribution is 2.43. The van der Waals surface area contributed by atoms with E-state index in [9.17, 15) is 0 Å². The zero-order chi connectivity index (χ0) is 20.1. The summed E-state index contributed by atoms with van der Waals surface area (Å²) in [5.74, 6) is 1.10. The number of fused-ring (bicyclic) bond motifs is 5. The van der Waals surface area contributed by atoms with Crippen LogP contribution in [0, 0.1) is 0 Å². The van der Waals surface area contributed by atoms with E-state index in [-0.39, 0.29) is 0 Å². The first kappa shape index (κ1) is 18.2. The van der Waals surface area contributed by atoms with Gasteiger partial charge in [-0.2, -0.15) is 0 Å². The number of nitrogens with one attached hydrogen (secondary N) is 1. The molecule has 0 spiro atoms. The van der Waals surface area contributed by atoms with Gasteiger partial charge in [0.25, 0.3) is 0 Å². The average Bonchev–Trinajstić information content (AvgIpc) is 3.43. The molecule has 0 bridgehead atoms. The molecule has 1 fully saturated rings. The van der Waals surface area contributed by atoms with Crippen molar-refractivity contribution in [1.29, 1.82) is 0 Å². The van der Waals surface area contributed by atoms with Crippen LogP contribution in [0.15, 0.2) is 36.7 Å². The van der Waals surface area contributed by atoms with Gasteiger partial charge in [0.2, 0.25) is 0 Å². The van der Waals surface area contributed by atoms with Crippen molar-refractivity contribution in [3.05, 3.63) is 47.8 Å². The van der Waals surface area contributed by atoms with E-state index in [1.54, 1.807) is 22.6 Å². The Labute approximate surface area is 180 Å². The second-order valence-electron chi connectivity index (χ2n) is 8.38. The third-order valence-corrected chi connectivity index (χ3v) is 7.84. The Kier molecular flexibility index (Phi) is 4.43. The fraction of sp³-hybridized carbons (Fsp3) is 0.375. The number of benzene rings is 1. The summed E-state index contributed by atoms with van der Waals surface area (Å²) in [5.41, 5.74) is 6.39. The van der Waals surface area contributed by atoms with Crippen molar-refractivity contribution in [2.75, 3.05) is 37.6 Å². The molecule has 4 heterocycles. The number of rotatable bonds is 3. The Hall–Kier alpha value is -2.57. The van der Waals surface area contributed by atoms with Gasteiger partial charge in [0.05, 0.1) is 48.6 Å². The summed E-state index contributed by atoms with van der Waals surface area (Å²) in [6.07, 6.45) is 5.19. The molecule has 1 aromatic carbocycles. The van der Waals surface area contributed by atoms with Gasteiger partial charge in [-0.25, -0.2) is 15.0 Å². The maximum atomic E-state index is 5.19. The highest BCUT2D eigenvalue weighted by Gasteiger charge is 2.27. The van der Waals surface area contributed by atoms with Crippen molar-refractivity contribution in [3.63, 3.8) is 0 Å². The SMILES string of the molecule is CC[NH+]1CCN(c2ncnc3c2sc2nc(-c4ccccc4)c4c(c23)CCC4)CC1. The molecule has 1 saturated heterocycles. The van der Waals surface area contributed by atoms with Crippen LogP contribution < -0.4 is 9.80 Å². The third-order valence-electron chi connectivity index (χ3n) is 6.77. The molecule has 0 saturated carbocycles. The van der Waals surface area contributed by atoms with Crippen LogP contribution in [0.5, 0.6) is 0 Å². The number of aryl methyl sites for hydroxylation is 1. The van der Waals surface area contributed by atoms with Crippen LogP contribution in [0.25, 0.3) is 31.7 Å². The van der Waals surface area contributed by atoms with Crippen molar-refractivity contribution in [1.82, 2.24) is 15.0 Å². The monoisotopic (exact) mass is 416 g/mol. The number of thiophene rings is 1. The van der Waals surface area contributed by atoms with E-state index in [1.807, 2.05) is 0 Å². The molecule has 0 unspecified atom stereocenters. The first-order valence-corrected chi connectivity index (χ1v) is 11.9. The molecule has 0 amide bonds. The third kappa shape index (κ3) is 2.81. The maximum Gasteiger partial charge on any atom is 0.150 e. The average molecular weight is 417 g/mol. The van der Waals surface area contributed by atoms with Crippen LogP contribution in [-0.4, -0.2) is 47.7 Å². The van der Waals surface area contributed by atoms with E-state index in [0.717, 1.165) is 47.8 Å². The Bertz CT molecular complexity index is 1230. The summed E-state index contributed by atoms with van der Waals surface area (Å²) in [4.78, 5) is 19.9. The first-order chi connectivity index (χ1) is 14.8. The minimum Gasteiger partial charge on any atom is -0.344 e. The fourth-order valence-corrected chi connectivity index (χ4v) is 6.31. The van der Waals surface area contributed by atoms with Crippen LogP contribution in [-0.2, 0) is 12.8 Å². The van der Waals surface area contributed by atoms with Crippen LogP contribution in [0.1, 0.15) is 24.5 Å². The number of aromatic nitrogens is 3. The molecule has 6 heteroatoms. The predicted molar refractivity (Wildman–Crippen MR) is 124 cm³/mol. The summed E-state index contributed by atoms with van der Waals surface area (Å²) in [7, 11) is 0. The zero-order valence-corrected chi connectivity index (χ0v) is 18.1. The molecule has 30 heavy (non-hydrogen) atoms. The lowest BCUT2D eigenvalue weighted by atomic mass is 10.0. The molecule has 3 aromatic heterocycles. The van der Waals surface area contributed by atoms with Gasteiger partial charge in [-0.15, -0.1) is 11.3 Å². The highest BCUT2D eigenvalue weighted by molar-refractivity contribution is 7.26. The summed E-state index contributed by atoms with van der Waals surface area (Å²) in [6, 6.07) is 10.6. The van der Waals surface area contributed by atoms with E-state index < -0.39 is 0 Å². The Morgan fingerprint density at radius 2 is 1.83 bits per heavy atom. The maximum absolute atomic E-state index is 5.19. The molecule has 1 aliphatic carbocycles. The summed E-state index contributed by atoms with van der Waals surface area (Å²) in [6.45, 7) is 7.96. The summed E-state index contributed by atoms with van der Waals surface area (Å²) >= 11 is 1.78. The molecule has 0 atom stereocenters. The molecule has 1 N–H and O–H groups in total. The van der Waals surface area contributed by atoms with Gasteiger partial charge in [-0.05, 0) is 37.3 Å². The Morgan fingerprint density at radius 1 is 1.03 bits per heavy atom. The number of likely N-dealkylation sites (N-methyl/N-ethyl adjacent to an activating group) is 1. The normalized spacial score (nSPS) is 17.2. The molecule has 5 nitrogen and oxygen atoms in total. The van der Waals surface area contributed by atoms with E-state index in [4.69, 9.17) is 15.0 Å². The molecule has 0 radical (unpaired) electrons. The van der Waals surface area contributed by atoms with Crippen molar-refractivity contribution >= 4 is 37.6 Å². The number of piperazine rings is 1.